The molecule has 3 aromatic heterocycles. The van der Waals surface area contributed by atoms with Crippen LogP contribution in [0.3, 0.4) is 0 Å². The highest BCUT2D eigenvalue weighted by molar-refractivity contribution is 7.16. The topological polar surface area (TPSA) is 143 Å². The van der Waals surface area contributed by atoms with Gasteiger partial charge in [-0.05, 0) is 41.6 Å². The van der Waals surface area contributed by atoms with E-state index in [1.807, 2.05) is 5.38 Å². The molecule has 0 fully saturated rings. The van der Waals surface area contributed by atoms with Gasteiger partial charge >= 0.3 is 0 Å². The number of aromatic nitrogens is 4. The summed E-state index contributed by atoms with van der Waals surface area (Å²) in [5, 5.41) is 23.8. The average Bonchev–Trinajstić information content (AvgIpc) is 3.25. The second kappa shape index (κ2) is 9.64. The Bertz CT molecular complexity index is 1680. The van der Waals surface area contributed by atoms with Gasteiger partial charge in [-0.15, -0.1) is 11.3 Å². The predicted octanol–water partition coefficient (Wildman–Crippen LogP) is 3.79. The highest BCUT2D eigenvalue weighted by Gasteiger charge is 2.24. The smallest absolute Gasteiger partial charge is 0.267 e. The molecule has 0 radical (unpaired) electrons. The number of aliphatic hydroxyl groups excluding tert-OH is 1. The number of aryl methyl sites for hydroxylation is 1. The third-order valence-corrected chi connectivity index (χ3v) is 6.98. The number of para-hydroxylation sites is 1. The fraction of sp³-hybridized carbons (Fsp3) is 0.160. The maximum absolute atomic E-state index is 14.8. The first-order chi connectivity index (χ1) is 17.8. The summed E-state index contributed by atoms with van der Waals surface area (Å²) in [6.45, 7) is 1.73. The first-order valence-electron chi connectivity index (χ1n) is 11.2. The molecule has 188 valence electrons. The SMILES string of the molecule is Cc1csc2nc(CNc3ncnc(N)c3C(=N)C3=CC=C(F)C(O)C3)n(-c3ccccc3F)c(=O)c12. The molecule has 0 saturated carbocycles. The molecule has 12 heteroatoms. The van der Waals surface area contributed by atoms with Gasteiger partial charge in [-0.2, -0.15) is 0 Å². The molecule has 9 nitrogen and oxygen atoms in total. The van der Waals surface area contributed by atoms with Crippen LogP contribution in [0.25, 0.3) is 15.9 Å². The number of hydrogen-bond donors (Lipinski definition) is 4. The number of benzene rings is 1. The minimum absolute atomic E-state index is 0.00305. The van der Waals surface area contributed by atoms with Crippen LogP contribution in [-0.4, -0.2) is 36.4 Å². The molecule has 1 atom stereocenters. The van der Waals surface area contributed by atoms with Gasteiger partial charge in [0.1, 0.15) is 46.4 Å². The van der Waals surface area contributed by atoms with E-state index in [1.54, 1.807) is 13.0 Å². The lowest BCUT2D eigenvalue weighted by molar-refractivity contribution is 0.182. The van der Waals surface area contributed by atoms with Crippen molar-refractivity contribution in [2.24, 2.45) is 0 Å². The fourth-order valence-electron chi connectivity index (χ4n) is 4.12. The minimum atomic E-state index is -1.36. The van der Waals surface area contributed by atoms with Crippen LogP contribution >= 0.6 is 11.3 Å². The Kier molecular flexibility index (Phi) is 6.36. The maximum Gasteiger partial charge on any atom is 0.267 e. The number of thiophene rings is 1. The monoisotopic (exact) mass is 521 g/mol. The molecule has 37 heavy (non-hydrogen) atoms. The Morgan fingerprint density at radius 3 is 2.84 bits per heavy atom. The van der Waals surface area contributed by atoms with Crippen molar-refractivity contribution >= 4 is 38.9 Å². The third kappa shape index (κ3) is 4.41. The van der Waals surface area contributed by atoms with Crippen molar-refractivity contribution in [1.29, 1.82) is 5.41 Å². The van der Waals surface area contributed by atoms with E-state index in [9.17, 15) is 18.7 Å². The highest BCUT2D eigenvalue weighted by atomic mass is 32.1. The second-order valence-corrected chi connectivity index (χ2v) is 9.25. The van der Waals surface area contributed by atoms with E-state index < -0.39 is 23.3 Å². The largest absolute Gasteiger partial charge is 0.386 e. The average molecular weight is 522 g/mol. The summed E-state index contributed by atoms with van der Waals surface area (Å²) in [5.41, 5.74) is 6.86. The number of halogens is 2. The van der Waals surface area contributed by atoms with Crippen LogP contribution in [0.2, 0.25) is 0 Å². The van der Waals surface area contributed by atoms with Crippen LogP contribution < -0.4 is 16.6 Å². The molecule has 0 spiro atoms. The van der Waals surface area contributed by atoms with E-state index in [2.05, 4.69) is 20.3 Å². The molecular weight excluding hydrogens is 500 g/mol. The van der Waals surface area contributed by atoms with Crippen molar-refractivity contribution in [2.75, 3.05) is 11.1 Å². The van der Waals surface area contributed by atoms with E-state index >= 15 is 0 Å². The first-order valence-corrected chi connectivity index (χ1v) is 12.1. The van der Waals surface area contributed by atoms with Crippen LogP contribution in [0.15, 0.2) is 64.3 Å². The second-order valence-electron chi connectivity index (χ2n) is 8.39. The normalized spacial score (nSPS) is 15.4. The van der Waals surface area contributed by atoms with Gasteiger partial charge in [-0.3, -0.25) is 14.8 Å². The van der Waals surface area contributed by atoms with E-state index in [0.717, 1.165) is 11.6 Å². The van der Waals surface area contributed by atoms with Crippen molar-refractivity contribution in [2.45, 2.75) is 26.0 Å². The summed E-state index contributed by atoms with van der Waals surface area (Å²) in [6, 6.07) is 5.91. The van der Waals surface area contributed by atoms with Crippen molar-refractivity contribution in [3.05, 3.63) is 92.6 Å². The molecule has 0 saturated heterocycles. The van der Waals surface area contributed by atoms with Crippen molar-refractivity contribution in [1.82, 2.24) is 19.5 Å². The molecule has 0 aliphatic heterocycles. The van der Waals surface area contributed by atoms with Crippen LogP contribution in [0.1, 0.15) is 23.4 Å². The summed E-state index contributed by atoms with van der Waals surface area (Å²) in [7, 11) is 0. The number of nitrogens with zero attached hydrogens (tertiary/aromatic N) is 4. The Hall–Kier alpha value is -4.29. The van der Waals surface area contributed by atoms with Gasteiger partial charge in [0.25, 0.3) is 5.56 Å². The number of nitrogens with two attached hydrogens (primary N) is 1. The Labute approximate surface area is 213 Å². The van der Waals surface area contributed by atoms with E-state index in [1.165, 1.54) is 46.5 Å². The molecule has 5 N–H and O–H groups in total. The van der Waals surface area contributed by atoms with Gasteiger partial charge in [-0.25, -0.2) is 23.7 Å². The van der Waals surface area contributed by atoms with Gasteiger partial charge in [0, 0.05) is 6.42 Å². The number of anilines is 2. The molecule has 0 amide bonds. The number of allylic oxidation sites excluding steroid dienone is 2. The maximum atomic E-state index is 14.8. The van der Waals surface area contributed by atoms with E-state index in [0.29, 0.717) is 15.8 Å². The number of nitrogen functional groups attached to an aromatic ring is 1. The van der Waals surface area contributed by atoms with E-state index in [4.69, 9.17) is 11.1 Å². The Balaban J connectivity index is 1.57. The van der Waals surface area contributed by atoms with Crippen LogP contribution in [0.4, 0.5) is 20.4 Å². The Morgan fingerprint density at radius 1 is 1.30 bits per heavy atom. The fourth-order valence-corrected chi connectivity index (χ4v) is 5.05. The zero-order valence-corrected chi connectivity index (χ0v) is 20.3. The van der Waals surface area contributed by atoms with Crippen molar-refractivity contribution in [3.63, 3.8) is 0 Å². The predicted molar refractivity (Wildman–Crippen MR) is 138 cm³/mol. The lowest BCUT2D eigenvalue weighted by Gasteiger charge is -2.19. The summed E-state index contributed by atoms with van der Waals surface area (Å²) in [5.74, 6) is -0.895. The van der Waals surface area contributed by atoms with Gasteiger partial charge in [0.15, 0.2) is 0 Å². The van der Waals surface area contributed by atoms with Gasteiger partial charge in [-0.1, -0.05) is 18.2 Å². The minimum Gasteiger partial charge on any atom is -0.386 e. The standard InChI is InChI=1S/C25H21F2N7O2S/c1-12-10-37-24-19(12)25(36)34(16-5-3-2-4-14(16)26)18(33-24)9-30-23-20(22(29)31-11-32-23)21(28)13-6-7-15(27)17(35)8-13/h2-7,10-11,17,28,35H,8-9H2,1H3,(H3,29,30,31,32). The van der Waals surface area contributed by atoms with Gasteiger partial charge in [0.05, 0.1) is 28.9 Å². The number of nitrogens with one attached hydrogen (secondary N) is 2. The molecular formula is C25H21F2N7O2S. The molecule has 0 bridgehead atoms. The summed E-state index contributed by atoms with van der Waals surface area (Å²) >= 11 is 1.31. The van der Waals surface area contributed by atoms with Gasteiger partial charge < -0.3 is 16.2 Å². The van der Waals surface area contributed by atoms with Crippen LogP contribution in [0.5, 0.6) is 0 Å². The summed E-state index contributed by atoms with van der Waals surface area (Å²) in [6.07, 6.45) is 2.23. The van der Waals surface area contributed by atoms with Crippen LogP contribution in [0, 0.1) is 18.2 Å². The summed E-state index contributed by atoms with van der Waals surface area (Å²) in [4.78, 5) is 26.8. The number of aliphatic hydroxyl groups is 1. The quantitative estimate of drug-likeness (QED) is 0.283. The molecule has 3 heterocycles. The molecule has 1 aromatic carbocycles. The van der Waals surface area contributed by atoms with E-state index in [-0.39, 0.29) is 47.4 Å². The third-order valence-electron chi connectivity index (χ3n) is 5.99. The lowest BCUT2D eigenvalue weighted by Crippen LogP contribution is -2.26. The Morgan fingerprint density at radius 2 is 2.08 bits per heavy atom. The first kappa shape index (κ1) is 24.4. The highest BCUT2D eigenvalue weighted by Crippen LogP contribution is 2.28. The number of hydrogen-bond acceptors (Lipinski definition) is 9. The van der Waals surface area contributed by atoms with Crippen molar-refractivity contribution in [3.8, 4) is 5.69 Å². The summed E-state index contributed by atoms with van der Waals surface area (Å²) < 4.78 is 29.6. The molecule has 5 rings (SSSR count). The number of fused-ring (bicyclic) bond motifs is 1. The zero-order chi connectivity index (χ0) is 26.3. The zero-order valence-electron chi connectivity index (χ0n) is 19.5. The molecule has 1 aliphatic rings. The lowest BCUT2D eigenvalue weighted by atomic mass is 9.94. The molecule has 4 aromatic rings. The van der Waals surface area contributed by atoms with Crippen LogP contribution in [-0.2, 0) is 6.54 Å². The number of rotatable bonds is 6. The molecule has 1 unspecified atom stereocenters. The molecule has 1 aliphatic carbocycles. The van der Waals surface area contributed by atoms with Crippen molar-refractivity contribution < 1.29 is 13.9 Å². The van der Waals surface area contributed by atoms with Gasteiger partial charge in [0.2, 0.25) is 0 Å².